The topological polar surface area (TPSA) is 78.9 Å². The van der Waals surface area contributed by atoms with Crippen LogP contribution in [0.5, 0.6) is 11.5 Å². The van der Waals surface area contributed by atoms with E-state index >= 15 is 0 Å². The van der Waals surface area contributed by atoms with Crippen LogP contribution in [0.3, 0.4) is 0 Å². The monoisotopic (exact) mass is 422 g/mol. The number of thiophene rings is 1. The second-order valence-corrected chi connectivity index (χ2v) is 8.16. The molecule has 2 N–H and O–H groups in total. The summed E-state index contributed by atoms with van der Waals surface area (Å²) >= 11 is 1.73. The van der Waals surface area contributed by atoms with E-state index in [0.717, 1.165) is 6.42 Å². The molecule has 0 atom stereocenters. The summed E-state index contributed by atoms with van der Waals surface area (Å²) in [6.45, 7) is 3.10. The molecular weight excluding hydrogens is 400 g/mol. The zero-order valence-corrected chi connectivity index (χ0v) is 17.6. The van der Waals surface area contributed by atoms with E-state index in [4.69, 9.17) is 4.74 Å². The molecule has 0 aliphatic carbocycles. The maximum atomic E-state index is 13.1. The van der Waals surface area contributed by atoms with Gasteiger partial charge in [0.2, 0.25) is 0 Å². The van der Waals surface area contributed by atoms with Gasteiger partial charge >= 0.3 is 0 Å². The molecule has 6 nitrogen and oxygen atoms in total. The number of aromatic hydroxyl groups is 1. The average molecular weight is 423 g/mol. The minimum Gasteiger partial charge on any atom is -0.507 e. The Bertz CT molecular complexity index is 1120. The summed E-state index contributed by atoms with van der Waals surface area (Å²) in [5.41, 5.74) is 3.13. The largest absolute Gasteiger partial charge is 0.507 e. The van der Waals surface area contributed by atoms with E-state index in [1.54, 1.807) is 35.6 Å². The molecule has 154 valence electrons. The predicted octanol–water partition coefficient (Wildman–Crippen LogP) is 4.22. The highest BCUT2D eigenvalue weighted by atomic mass is 32.1. The summed E-state index contributed by atoms with van der Waals surface area (Å²) < 4.78 is 5.05. The highest BCUT2D eigenvalue weighted by Gasteiger charge is 2.24. The molecule has 0 fully saturated rings. The van der Waals surface area contributed by atoms with Gasteiger partial charge in [0.15, 0.2) is 0 Å². The van der Waals surface area contributed by atoms with Gasteiger partial charge < -0.3 is 20.1 Å². The average Bonchev–Trinajstić information content (AvgIpc) is 3.22. The fraction of sp³-hybridized carbons (Fsp3) is 0.217. The first kappa shape index (κ1) is 20.0. The standard InChI is InChI=1S/C23H22N2O4S/c1-14-17(23(28)25-10-8-21-15(13-25)9-11-30-21)4-3-5-19(14)24-22(27)18-7-6-16(29-2)12-20(18)26/h3-7,9,11-12,26H,8,10,13H2,1-2H3,(H,24,27). The predicted molar refractivity (Wildman–Crippen MR) is 117 cm³/mol. The maximum absolute atomic E-state index is 13.1. The van der Waals surface area contributed by atoms with E-state index in [1.165, 1.54) is 29.7 Å². The van der Waals surface area contributed by atoms with Crippen molar-refractivity contribution in [1.82, 2.24) is 4.90 Å². The molecule has 0 spiro atoms. The van der Waals surface area contributed by atoms with Gasteiger partial charge in [-0.05, 0) is 60.2 Å². The van der Waals surface area contributed by atoms with E-state index in [-0.39, 0.29) is 17.2 Å². The van der Waals surface area contributed by atoms with Gasteiger partial charge in [-0.2, -0.15) is 0 Å². The molecule has 30 heavy (non-hydrogen) atoms. The number of benzene rings is 2. The van der Waals surface area contributed by atoms with E-state index in [0.29, 0.717) is 35.7 Å². The molecule has 1 aliphatic rings. The molecule has 0 bridgehead atoms. The lowest BCUT2D eigenvalue weighted by Gasteiger charge is -2.28. The molecule has 7 heteroatoms. The summed E-state index contributed by atoms with van der Waals surface area (Å²) in [7, 11) is 1.49. The molecule has 0 saturated heterocycles. The molecule has 0 radical (unpaired) electrons. The number of carbonyl (C=O) groups is 2. The number of ether oxygens (including phenoxy) is 1. The van der Waals surface area contributed by atoms with Gasteiger partial charge in [0.25, 0.3) is 11.8 Å². The zero-order valence-electron chi connectivity index (χ0n) is 16.8. The van der Waals surface area contributed by atoms with E-state index in [2.05, 4.69) is 16.8 Å². The number of phenols is 1. The Balaban J connectivity index is 1.54. The van der Waals surface area contributed by atoms with Crippen LogP contribution in [-0.4, -0.2) is 35.5 Å². The first-order valence-corrected chi connectivity index (χ1v) is 10.5. The Morgan fingerprint density at radius 1 is 1.17 bits per heavy atom. The maximum Gasteiger partial charge on any atom is 0.259 e. The molecule has 0 saturated carbocycles. The third-order valence-corrected chi connectivity index (χ3v) is 6.38. The van der Waals surface area contributed by atoms with Crippen molar-refractivity contribution in [3.05, 3.63) is 75.0 Å². The van der Waals surface area contributed by atoms with Crippen molar-refractivity contribution in [1.29, 1.82) is 0 Å². The number of amides is 2. The fourth-order valence-corrected chi connectivity index (χ4v) is 4.50. The van der Waals surface area contributed by atoms with Gasteiger partial charge in [-0.1, -0.05) is 6.07 Å². The Kier molecular flexibility index (Phi) is 5.46. The Morgan fingerprint density at radius 2 is 2.00 bits per heavy atom. The lowest BCUT2D eigenvalue weighted by atomic mass is 10.0. The minimum absolute atomic E-state index is 0.0484. The Hall–Kier alpha value is -3.32. The molecule has 2 heterocycles. The summed E-state index contributed by atoms with van der Waals surface area (Å²) in [4.78, 5) is 29.0. The lowest BCUT2D eigenvalue weighted by Crippen LogP contribution is -2.35. The number of phenolic OH excluding ortho intramolecular Hbond substituents is 1. The van der Waals surface area contributed by atoms with E-state index in [9.17, 15) is 14.7 Å². The van der Waals surface area contributed by atoms with Crippen LogP contribution in [0.25, 0.3) is 0 Å². The van der Waals surface area contributed by atoms with Gasteiger partial charge in [0, 0.05) is 35.3 Å². The molecule has 2 amide bonds. The van der Waals surface area contributed by atoms with Crippen molar-refractivity contribution >= 4 is 28.8 Å². The van der Waals surface area contributed by atoms with Crippen LogP contribution in [0.2, 0.25) is 0 Å². The van der Waals surface area contributed by atoms with Crippen molar-refractivity contribution in [2.24, 2.45) is 0 Å². The molecule has 4 rings (SSSR count). The Labute approximate surface area is 178 Å². The molecule has 1 aromatic heterocycles. The number of nitrogens with zero attached hydrogens (tertiary/aromatic N) is 1. The summed E-state index contributed by atoms with van der Waals surface area (Å²) in [5, 5.41) is 15.0. The van der Waals surface area contributed by atoms with Crippen molar-refractivity contribution in [3.63, 3.8) is 0 Å². The third-order valence-electron chi connectivity index (χ3n) is 5.36. The second-order valence-electron chi connectivity index (χ2n) is 7.16. The van der Waals surface area contributed by atoms with E-state index in [1.807, 2.05) is 11.8 Å². The molecule has 1 aliphatic heterocycles. The minimum atomic E-state index is -0.455. The van der Waals surface area contributed by atoms with Crippen molar-refractivity contribution in [2.45, 2.75) is 19.9 Å². The third kappa shape index (κ3) is 3.76. The second kappa shape index (κ2) is 8.20. The van der Waals surface area contributed by atoms with E-state index < -0.39 is 5.91 Å². The van der Waals surface area contributed by atoms with Crippen molar-refractivity contribution in [3.8, 4) is 11.5 Å². The summed E-state index contributed by atoms with van der Waals surface area (Å²) in [6.07, 6.45) is 0.866. The Morgan fingerprint density at radius 3 is 2.77 bits per heavy atom. The number of hydrogen-bond donors (Lipinski definition) is 2. The first-order valence-electron chi connectivity index (χ1n) is 9.60. The van der Waals surface area contributed by atoms with Gasteiger partial charge in [0.05, 0.1) is 12.7 Å². The lowest BCUT2D eigenvalue weighted by molar-refractivity contribution is 0.0735. The highest BCUT2D eigenvalue weighted by molar-refractivity contribution is 7.10. The quantitative estimate of drug-likeness (QED) is 0.660. The normalized spacial score (nSPS) is 12.9. The van der Waals surface area contributed by atoms with Crippen LogP contribution < -0.4 is 10.1 Å². The number of nitrogens with one attached hydrogen (secondary N) is 1. The number of anilines is 1. The van der Waals surface area contributed by atoms with Crippen LogP contribution in [0.4, 0.5) is 5.69 Å². The number of methoxy groups -OCH3 is 1. The van der Waals surface area contributed by atoms with Crippen LogP contribution in [0.1, 0.15) is 36.7 Å². The van der Waals surface area contributed by atoms with Gasteiger partial charge in [-0.15, -0.1) is 11.3 Å². The molecule has 0 unspecified atom stereocenters. The van der Waals surface area contributed by atoms with Crippen molar-refractivity contribution in [2.75, 3.05) is 19.0 Å². The first-order chi connectivity index (χ1) is 14.5. The van der Waals surface area contributed by atoms with Gasteiger partial charge in [0.1, 0.15) is 11.5 Å². The van der Waals surface area contributed by atoms with Crippen LogP contribution in [-0.2, 0) is 13.0 Å². The number of fused-ring (bicyclic) bond motifs is 1. The highest BCUT2D eigenvalue weighted by Crippen LogP contribution is 2.28. The zero-order chi connectivity index (χ0) is 21.3. The molecular formula is C23H22N2O4S. The van der Waals surface area contributed by atoms with Gasteiger partial charge in [-0.3, -0.25) is 9.59 Å². The van der Waals surface area contributed by atoms with Gasteiger partial charge in [-0.25, -0.2) is 0 Å². The molecule has 3 aromatic rings. The SMILES string of the molecule is COc1ccc(C(=O)Nc2cccc(C(=O)N3CCc4sccc4C3)c2C)c(O)c1. The fourth-order valence-electron chi connectivity index (χ4n) is 3.61. The van der Waals surface area contributed by atoms with Crippen LogP contribution in [0, 0.1) is 6.92 Å². The number of carbonyl (C=O) groups excluding carboxylic acids is 2. The summed E-state index contributed by atoms with van der Waals surface area (Å²) in [6, 6.07) is 11.8. The number of hydrogen-bond acceptors (Lipinski definition) is 5. The smallest absolute Gasteiger partial charge is 0.259 e. The van der Waals surface area contributed by atoms with Crippen LogP contribution in [0.15, 0.2) is 47.8 Å². The molecule has 2 aromatic carbocycles. The number of rotatable bonds is 4. The summed E-state index contributed by atoms with van der Waals surface area (Å²) in [5.74, 6) is -0.212. The van der Waals surface area contributed by atoms with Crippen LogP contribution >= 0.6 is 11.3 Å². The van der Waals surface area contributed by atoms with Crippen molar-refractivity contribution < 1.29 is 19.4 Å².